The van der Waals surface area contributed by atoms with Gasteiger partial charge in [0.15, 0.2) is 0 Å². The van der Waals surface area contributed by atoms with E-state index in [-0.39, 0.29) is 11.8 Å². The number of carbonyl (C=O) groups excluding carboxylic acids is 2. The molecule has 0 saturated heterocycles. The second-order valence-electron chi connectivity index (χ2n) is 5.52. The highest BCUT2D eigenvalue weighted by Gasteiger charge is 2.51. The Balaban J connectivity index is 1.64. The third-order valence-electron chi connectivity index (χ3n) is 4.29. The van der Waals surface area contributed by atoms with Crippen LogP contribution in [0.25, 0.3) is 0 Å². The minimum absolute atomic E-state index is 0.0797. The summed E-state index contributed by atoms with van der Waals surface area (Å²) in [5.41, 5.74) is 5.01. The zero-order valence-electron chi connectivity index (χ0n) is 11.6. The Hall–Kier alpha value is -2.70. The van der Waals surface area contributed by atoms with Crippen LogP contribution in [-0.4, -0.2) is 27.9 Å². The number of hydrogen-bond acceptors (Lipinski definition) is 4. The predicted octanol–water partition coefficient (Wildman–Crippen LogP) is 0.365. The molecule has 114 valence electrons. The molecule has 1 fully saturated rings. The smallest absolute Gasteiger partial charge is 0.307 e. The van der Waals surface area contributed by atoms with Gasteiger partial charge >= 0.3 is 5.97 Å². The Morgan fingerprint density at radius 2 is 1.68 bits per heavy atom. The molecule has 0 aromatic carbocycles. The minimum atomic E-state index is -0.975. The lowest BCUT2D eigenvalue weighted by molar-refractivity contribution is -0.148. The number of hydrogen-bond donors (Lipinski definition) is 3. The van der Waals surface area contributed by atoms with E-state index in [1.54, 1.807) is 0 Å². The number of amides is 2. The first-order valence-electron chi connectivity index (χ1n) is 6.99. The van der Waals surface area contributed by atoms with Crippen LogP contribution >= 0.6 is 0 Å². The van der Waals surface area contributed by atoms with Gasteiger partial charge in [0.25, 0.3) is 5.91 Å². The summed E-state index contributed by atoms with van der Waals surface area (Å²) >= 11 is 0. The van der Waals surface area contributed by atoms with Gasteiger partial charge in [0.1, 0.15) is 0 Å². The number of carboxylic acids is 1. The van der Waals surface area contributed by atoms with Crippen molar-refractivity contribution in [3.8, 4) is 0 Å². The minimum Gasteiger partial charge on any atom is -0.481 e. The fourth-order valence-electron chi connectivity index (χ4n) is 3.29. The van der Waals surface area contributed by atoms with Gasteiger partial charge in [-0.05, 0) is 30.4 Å². The molecule has 3 N–H and O–H groups in total. The fourth-order valence-corrected chi connectivity index (χ4v) is 3.29. The van der Waals surface area contributed by atoms with E-state index in [2.05, 4.69) is 15.8 Å². The molecule has 0 unspecified atom stereocenters. The number of nitrogens with zero attached hydrogens (tertiary/aromatic N) is 1. The molecule has 0 aliphatic heterocycles. The lowest BCUT2D eigenvalue weighted by Crippen LogP contribution is -2.48. The topological polar surface area (TPSA) is 108 Å². The van der Waals surface area contributed by atoms with Crippen LogP contribution in [0.3, 0.4) is 0 Å². The average molecular weight is 301 g/mol. The fraction of sp³-hybridized carbons (Fsp3) is 0.333. The molecular formula is C15H15N3O4. The largest absolute Gasteiger partial charge is 0.481 e. The van der Waals surface area contributed by atoms with Crippen molar-refractivity contribution in [3.05, 3.63) is 42.2 Å². The van der Waals surface area contributed by atoms with Gasteiger partial charge in [-0.1, -0.05) is 12.2 Å². The number of fused-ring (bicyclic) bond motifs is 2. The summed E-state index contributed by atoms with van der Waals surface area (Å²) in [6, 6.07) is 3.03. The summed E-state index contributed by atoms with van der Waals surface area (Å²) in [6.45, 7) is 0. The van der Waals surface area contributed by atoms with E-state index >= 15 is 0 Å². The van der Waals surface area contributed by atoms with Crippen molar-refractivity contribution in [1.82, 2.24) is 15.8 Å². The maximum Gasteiger partial charge on any atom is 0.307 e. The van der Waals surface area contributed by atoms with Gasteiger partial charge < -0.3 is 5.11 Å². The lowest BCUT2D eigenvalue weighted by Gasteiger charge is -2.23. The van der Waals surface area contributed by atoms with E-state index in [0.29, 0.717) is 12.0 Å². The number of rotatable bonds is 3. The van der Waals surface area contributed by atoms with Crippen molar-refractivity contribution in [3.63, 3.8) is 0 Å². The summed E-state index contributed by atoms with van der Waals surface area (Å²) in [7, 11) is 0. The second-order valence-corrected chi connectivity index (χ2v) is 5.52. The first-order valence-corrected chi connectivity index (χ1v) is 6.99. The van der Waals surface area contributed by atoms with Gasteiger partial charge in [0.05, 0.1) is 11.8 Å². The molecular weight excluding hydrogens is 286 g/mol. The van der Waals surface area contributed by atoms with Crippen molar-refractivity contribution in [1.29, 1.82) is 0 Å². The molecule has 1 aromatic rings. The van der Waals surface area contributed by atoms with Gasteiger partial charge in [-0.3, -0.25) is 30.2 Å². The molecule has 3 rings (SSSR count). The van der Waals surface area contributed by atoms with E-state index < -0.39 is 29.6 Å². The highest BCUT2D eigenvalue weighted by molar-refractivity contribution is 5.96. The van der Waals surface area contributed by atoms with Crippen molar-refractivity contribution in [2.75, 3.05) is 0 Å². The van der Waals surface area contributed by atoms with Crippen LogP contribution in [-0.2, 0) is 9.59 Å². The third-order valence-corrected chi connectivity index (χ3v) is 4.29. The van der Waals surface area contributed by atoms with Gasteiger partial charge in [0.2, 0.25) is 5.91 Å². The van der Waals surface area contributed by atoms with Crippen LogP contribution in [0, 0.1) is 23.7 Å². The highest BCUT2D eigenvalue weighted by atomic mass is 16.4. The quantitative estimate of drug-likeness (QED) is 0.552. The van der Waals surface area contributed by atoms with E-state index in [0.717, 1.165) is 0 Å². The molecule has 7 nitrogen and oxygen atoms in total. The third kappa shape index (κ3) is 2.45. The molecule has 1 heterocycles. The number of pyridine rings is 1. The summed E-state index contributed by atoms with van der Waals surface area (Å²) in [4.78, 5) is 39.3. The van der Waals surface area contributed by atoms with E-state index in [4.69, 9.17) is 0 Å². The first-order chi connectivity index (χ1) is 10.6. The van der Waals surface area contributed by atoms with Crippen molar-refractivity contribution in [2.45, 2.75) is 6.42 Å². The van der Waals surface area contributed by atoms with E-state index in [1.807, 2.05) is 12.2 Å². The maximum atomic E-state index is 12.3. The Bertz CT molecular complexity index is 643. The monoisotopic (exact) mass is 301 g/mol. The second kappa shape index (κ2) is 5.59. The molecule has 2 aliphatic rings. The first kappa shape index (κ1) is 14.2. The van der Waals surface area contributed by atoms with Gasteiger partial charge in [-0.15, -0.1) is 0 Å². The van der Waals surface area contributed by atoms with Crippen LogP contribution in [0.2, 0.25) is 0 Å². The van der Waals surface area contributed by atoms with Gasteiger partial charge in [0, 0.05) is 18.0 Å². The van der Waals surface area contributed by atoms with Crippen molar-refractivity contribution < 1.29 is 19.5 Å². The Labute approximate surface area is 126 Å². The molecule has 0 spiro atoms. The van der Waals surface area contributed by atoms with Crippen LogP contribution in [0.1, 0.15) is 16.8 Å². The normalized spacial score (nSPS) is 28.4. The molecule has 2 bridgehead atoms. The number of carboxylic acid groups (broad SMARTS) is 1. The Morgan fingerprint density at radius 1 is 1.05 bits per heavy atom. The van der Waals surface area contributed by atoms with Crippen LogP contribution in [0.5, 0.6) is 0 Å². The lowest BCUT2D eigenvalue weighted by atomic mass is 9.82. The standard InChI is InChI=1S/C15H15N3O4/c19-13(8-3-5-16-6-4-8)17-18-14(20)11-9-1-2-10(7-9)12(11)15(21)22/h1-6,9-12H,7H2,(H,17,19)(H,18,20)(H,21,22)/t9-,10-,11+,12+/m0/s1. The van der Waals surface area contributed by atoms with E-state index in [9.17, 15) is 19.5 Å². The predicted molar refractivity (Wildman–Crippen MR) is 75.2 cm³/mol. The van der Waals surface area contributed by atoms with Gasteiger partial charge in [-0.25, -0.2) is 0 Å². The van der Waals surface area contributed by atoms with Gasteiger partial charge in [-0.2, -0.15) is 0 Å². The highest BCUT2D eigenvalue weighted by Crippen LogP contribution is 2.48. The number of hydrazine groups is 1. The summed E-state index contributed by atoms with van der Waals surface area (Å²) < 4.78 is 0. The number of aromatic nitrogens is 1. The van der Waals surface area contributed by atoms with Crippen LogP contribution < -0.4 is 10.9 Å². The SMILES string of the molecule is O=C(NNC(=O)[C@H]1[C@H](C(=O)O)[C@H]2C=C[C@H]1C2)c1ccncc1. The number of allylic oxidation sites excluding steroid dienone is 2. The van der Waals surface area contributed by atoms with Crippen LogP contribution in [0.15, 0.2) is 36.7 Å². The molecule has 7 heteroatoms. The zero-order chi connectivity index (χ0) is 15.7. The van der Waals surface area contributed by atoms with Crippen molar-refractivity contribution >= 4 is 17.8 Å². The van der Waals surface area contributed by atoms with Crippen molar-refractivity contribution in [2.24, 2.45) is 23.7 Å². The Kier molecular flexibility index (Phi) is 3.62. The maximum absolute atomic E-state index is 12.3. The number of nitrogens with one attached hydrogen (secondary N) is 2. The molecule has 22 heavy (non-hydrogen) atoms. The molecule has 0 radical (unpaired) electrons. The van der Waals surface area contributed by atoms with E-state index in [1.165, 1.54) is 24.5 Å². The molecule has 4 atom stereocenters. The molecule has 1 saturated carbocycles. The summed E-state index contributed by atoms with van der Waals surface area (Å²) in [5.74, 6) is -3.47. The molecule has 2 aliphatic carbocycles. The van der Waals surface area contributed by atoms with Crippen LogP contribution in [0.4, 0.5) is 0 Å². The number of aliphatic carboxylic acids is 1. The summed E-state index contributed by atoms with van der Waals surface area (Å²) in [5, 5.41) is 9.30. The zero-order valence-corrected chi connectivity index (χ0v) is 11.6. The molecule has 2 amide bonds. The molecule has 1 aromatic heterocycles. The number of carbonyl (C=O) groups is 3. The average Bonchev–Trinajstić information content (AvgIpc) is 3.14. The Morgan fingerprint density at radius 3 is 2.32 bits per heavy atom. The summed E-state index contributed by atoms with van der Waals surface area (Å²) in [6.07, 6.45) is 7.37.